The first kappa shape index (κ1) is 11.7. The molecule has 1 aromatic carbocycles. The summed E-state index contributed by atoms with van der Waals surface area (Å²) in [7, 11) is 0. The molecule has 0 aliphatic rings. The fourth-order valence-corrected chi connectivity index (χ4v) is 2.52. The minimum Gasteiger partial charge on any atom is -0.425 e. The van der Waals surface area contributed by atoms with Gasteiger partial charge in [-0.2, -0.15) is 0 Å². The van der Waals surface area contributed by atoms with Crippen LogP contribution in [0.25, 0.3) is 0 Å². The van der Waals surface area contributed by atoms with E-state index >= 15 is 0 Å². The summed E-state index contributed by atoms with van der Waals surface area (Å²) in [4.78, 5) is 11.1. The summed E-state index contributed by atoms with van der Waals surface area (Å²) in [5.41, 5.74) is 0.924. The first-order valence-electron chi connectivity index (χ1n) is 4.21. The highest BCUT2D eigenvalue weighted by molar-refractivity contribution is 9.11. The van der Waals surface area contributed by atoms with E-state index in [1.807, 2.05) is 19.1 Å². The van der Waals surface area contributed by atoms with Crippen molar-refractivity contribution >= 4 is 37.8 Å². The molecule has 0 bridgehead atoms. The van der Waals surface area contributed by atoms with Crippen LogP contribution in [-0.4, -0.2) is 5.97 Å². The van der Waals surface area contributed by atoms with Gasteiger partial charge in [0.25, 0.3) is 0 Å². The van der Waals surface area contributed by atoms with Gasteiger partial charge in [0.2, 0.25) is 0 Å². The number of benzene rings is 1. The second-order valence-corrected chi connectivity index (χ2v) is 4.63. The van der Waals surface area contributed by atoms with Crippen molar-refractivity contribution in [2.75, 3.05) is 0 Å². The van der Waals surface area contributed by atoms with Crippen molar-refractivity contribution < 1.29 is 9.53 Å². The van der Waals surface area contributed by atoms with Gasteiger partial charge in [-0.1, -0.05) is 22.9 Å². The zero-order valence-corrected chi connectivity index (χ0v) is 11.1. The van der Waals surface area contributed by atoms with E-state index in [4.69, 9.17) is 4.74 Å². The second kappa shape index (κ2) is 4.94. The molecule has 1 rings (SSSR count). The van der Waals surface area contributed by atoms with Crippen molar-refractivity contribution in [1.82, 2.24) is 0 Å². The Hall–Kier alpha value is -0.350. The molecule has 2 nitrogen and oxygen atoms in total. The lowest BCUT2D eigenvalue weighted by Crippen LogP contribution is -2.07. The predicted octanol–water partition coefficient (Wildman–Crippen LogP) is 3.84. The lowest BCUT2D eigenvalue weighted by Gasteiger charge is -2.09. The molecule has 0 radical (unpaired) electrons. The zero-order valence-electron chi connectivity index (χ0n) is 7.93. The number of ether oxygens (including phenoxy) is 1. The molecule has 0 aliphatic carbocycles. The molecule has 76 valence electrons. The maximum absolute atomic E-state index is 11.1. The van der Waals surface area contributed by atoms with Crippen molar-refractivity contribution in [1.29, 1.82) is 0 Å². The highest BCUT2D eigenvalue weighted by Gasteiger charge is 2.10. The molecule has 0 heterocycles. The van der Waals surface area contributed by atoms with E-state index in [1.54, 1.807) is 6.92 Å². The summed E-state index contributed by atoms with van der Waals surface area (Å²) in [6.45, 7) is 3.66. The molecule has 4 heteroatoms. The number of esters is 1. The molecule has 14 heavy (non-hydrogen) atoms. The quantitative estimate of drug-likeness (QED) is 0.611. The second-order valence-electron chi connectivity index (χ2n) is 2.86. The number of carbonyl (C=O) groups is 1. The van der Waals surface area contributed by atoms with Crippen LogP contribution in [0.3, 0.4) is 0 Å². The van der Waals surface area contributed by atoms with Gasteiger partial charge in [-0.15, -0.1) is 0 Å². The van der Waals surface area contributed by atoms with Crippen molar-refractivity contribution in [3.63, 3.8) is 0 Å². The molecule has 0 aromatic heterocycles. The van der Waals surface area contributed by atoms with Gasteiger partial charge in [-0.3, -0.25) is 4.79 Å². The molecule has 0 saturated heterocycles. The van der Waals surface area contributed by atoms with Gasteiger partial charge in [-0.05, 0) is 40.5 Å². The molecular formula is C10H10Br2O2. The number of hydrogen-bond donors (Lipinski definition) is 0. The Morgan fingerprint density at radius 2 is 2.07 bits per heavy atom. The van der Waals surface area contributed by atoms with E-state index in [1.165, 1.54) is 0 Å². The van der Waals surface area contributed by atoms with Crippen LogP contribution in [0.15, 0.2) is 21.1 Å². The summed E-state index contributed by atoms with van der Waals surface area (Å²) in [6, 6.07) is 3.76. The molecule has 0 atom stereocenters. The molecule has 0 amide bonds. The van der Waals surface area contributed by atoms with Crippen LogP contribution in [0.4, 0.5) is 0 Å². The van der Waals surface area contributed by atoms with Gasteiger partial charge in [0.15, 0.2) is 0 Å². The lowest BCUT2D eigenvalue weighted by molar-refractivity contribution is -0.134. The summed E-state index contributed by atoms with van der Waals surface area (Å²) >= 11 is 6.71. The lowest BCUT2D eigenvalue weighted by atomic mass is 10.2. The van der Waals surface area contributed by atoms with E-state index in [0.29, 0.717) is 12.2 Å². The number of carbonyl (C=O) groups excluding carboxylic acids is 1. The maximum Gasteiger partial charge on any atom is 0.310 e. The van der Waals surface area contributed by atoms with Gasteiger partial charge in [0, 0.05) is 10.9 Å². The number of aryl methyl sites for hydroxylation is 1. The van der Waals surface area contributed by atoms with Crippen LogP contribution >= 0.6 is 31.9 Å². The molecule has 0 spiro atoms. The standard InChI is InChI=1S/C10H10Br2O2/c1-3-9(13)14-10-6(2)4-7(11)5-8(10)12/h4-5H,3H2,1-2H3. The summed E-state index contributed by atoms with van der Waals surface area (Å²) in [5.74, 6) is 0.371. The Morgan fingerprint density at radius 1 is 1.43 bits per heavy atom. The van der Waals surface area contributed by atoms with Gasteiger partial charge >= 0.3 is 5.97 Å². The zero-order chi connectivity index (χ0) is 10.7. The van der Waals surface area contributed by atoms with Gasteiger partial charge in [0.1, 0.15) is 5.75 Å². The van der Waals surface area contributed by atoms with Crippen LogP contribution in [0.1, 0.15) is 18.9 Å². The third kappa shape index (κ3) is 2.82. The predicted molar refractivity (Wildman–Crippen MR) is 62.5 cm³/mol. The highest BCUT2D eigenvalue weighted by atomic mass is 79.9. The Bertz CT molecular complexity index is 338. The van der Waals surface area contributed by atoms with E-state index in [-0.39, 0.29) is 5.97 Å². The largest absolute Gasteiger partial charge is 0.425 e. The van der Waals surface area contributed by atoms with Gasteiger partial charge in [0.05, 0.1) is 4.47 Å². The summed E-state index contributed by atoms with van der Waals surface area (Å²) < 4.78 is 6.91. The Kier molecular flexibility index (Phi) is 4.13. The first-order valence-corrected chi connectivity index (χ1v) is 5.79. The number of hydrogen-bond acceptors (Lipinski definition) is 2. The van der Waals surface area contributed by atoms with E-state index in [2.05, 4.69) is 31.9 Å². The summed E-state index contributed by atoms with van der Waals surface area (Å²) in [5, 5.41) is 0. The molecular weight excluding hydrogens is 312 g/mol. The Morgan fingerprint density at radius 3 is 2.57 bits per heavy atom. The Balaban J connectivity index is 3.02. The van der Waals surface area contributed by atoms with E-state index in [9.17, 15) is 4.79 Å². The van der Waals surface area contributed by atoms with Crippen molar-refractivity contribution in [3.8, 4) is 5.75 Å². The molecule has 0 N–H and O–H groups in total. The highest BCUT2D eigenvalue weighted by Crippen LogP contribution is 2.32. The van der Waals surface area contributed by atoms with Crippen molar-refractivity contribution in [2.24, 2.45) is 0 Å². The van der Waals surface area contributed by atoms with Crippen LogP contribution in [0.5, 0.6) is 5.75 Å². The maximum atomic E-state index is 11.1. The normalized spacial score (nSPS) is 10.0. The van der Waals surface area contributed by atoms with Crippen LogP contribution in [0, 0.1) is 6.92 Å². The number of halogens is 2. The van der Waals surface area contributed by atoms with Crippen molar-refractivity contribution in [2.45, 2.75) is 20.3 Å². The van der Waals surface area contributed by atoms with Gasteiger partial charge < -0.3 is 4.74 Å². The Labute approximate surface area is 99.9 Å². The minimum atomic E-state index is -0.226. The molecule has 0 fully saturated rings. The average molecular weight is 322 g/mol. The average Bonchev–Trinajstić information content (AvgIpc) is 2.10. The number of rotatable bonds is 2. The van der Waals surface area contributed by atoms with E-state index in [0.717, 1.165) is 14.5 Å². The third-order valence-corrected chi connectivity index (χ3v) is 2.75. The van der Waals surface area contributed by atoms with E-state index < -0.39 is 0 Å². The monoisotopic (exact) mass is 320 g/mol. The minimum absolute atomic E-state index is 0.226. The van der Waals surface area contributed by atoms with Crippen LogP contribution in [0.2, 0.25) is 0 Å². The molecule has 0 unspecified atom stereocenters. The van der Waals surface area contributed by atoms with Gasteiger partial charge in [-0.25, -0.2) is 0 Å². The molecule has 1 aromatic rings. The molecule has 0 saturated carbocycles. The van der Waals surface area contributed by atoms with Crippen LogP contribution in [-0.2, 0) is 4.79 Å². The fourth-order valence-electron chi connectivity index (χ4n) is 1.00. The SMILES string of the molecule is CCC(=O)Oc1c(C)cc(Br)cc1Br. The smallest absolute Gasteiger partial charge is 0.310 e. The summed E-state index contributed by atoms with van der Waals surface area (Å²) in [6.07, 6.45) is 0.377. The van der Waals surface area contributed by atoms with Crippen LogP contribution < -0.4 is 4.74 Å². The topological polar surface area (TPSA) is 26.3 Å². The molecule has 0 aliphatic heterocycles. The third-order valence-electron chi connectivity index (χ3n) is 1.70. The fraction of sp³-hybridized carbons (Fsp3) is 0.300. The van der Waals surface area contributed by atoms with Crippen molar-refractivity contribution in [3.05, 3.63) is 26.6 Å². The first-order chi connectivity index (χ1) is 6.54.